The van der Waals surface area contributed by atoms with Crippen LogP contribution < -0.4 is 5.73 Å². The Balaban J connectivity index is 1.62. The topological polar surface area (TPSA) is 63.4 Å². The van der Waals surface area contributed by atoms with E-state index in [2.05, 4.69) is 45.0 Å². The molecule has 2 fully saturated rings. The highest BCUT2D eigenvalue weighted by Gasteiger charge is 2.48. The minimum atomic E-state index is -3.52. The van der Waals surface area contributed by atoms with Crippen LogP contribution in [0, 0.1) is 11.3 Å². The van der Waals surface area contributed by atoms with Crippen LogP contribution in [0.1, 0.15) is 57.6 Å². The summed E-state index contributed by atoms with van der Waals surface area (Å²) in [7, 11) is -3.52. The Bertz CT molecular complexity index is 996. The number of nitrogens with two attached hydrogens (primary N) is 1. The third-order valence-corrected chi connectivity index (χ3v) is 9.30. The minimum Gasteiger partial charge on any atom is -0.328 e. The Morgan fingerprint density at radius 3 is 2.35 bits per heavy atom. The average molecular weight is 441 g/mol. The zero-order valence-corrected chi connectivity index (χ0v) is 19.9. The first kappa shape index (κ1) is 22.5. The van der Waals surface area contributed by atoms with Crippen LogP contribution in [0.3, 0.4) is 0 Å². The molecule has 2 aromatic rings. The van der Waals surface area contributed by atoms with E-state index in [0.29, 0.717) is 23.9 Å². The van der Waals surface area contributed by atoms with Gasteiger partial charge in [-0.1, -0.05) is 63.2 Å². The number of nitrogens with zero attached hydrogens (tertiary/aromatic N) is 1. The predicted molar refractivity (Wildman–Crippen MR) is 126 cm³/mol. The molecule has 0 bridgehead atoms. The van der Waals surface area contributed by atoms with E-state index in [1.54, 1.807) is 16.4 Å². The van der Waals surface area contributed by atoms with Crippen molar-refractivity contribution >= 4 is 10.0 Å². The van der Waals surface area contributed by atoms with Gasteiger partial charge in [0.25, 0.3) is 0 Å². The maximum absolute atomic E-state index is 13.6. The van der Waals surface area contributed by atoms with Gasteiger partial charge in [-0.2, -0.15) is 4.31 Å². The van der Waals surface area contributed by atoms with Crippen LogP contribution in [0.5, 0.6) is 0 Å². The molecule has 31 heavy (non-hydrogen) atoms. The van der Waals surface area contributed by atoms with Crippen molar-refractivity contribution in [3.63, 3.8) is 0 Å². The zero-order chi connectivity index (χ0) is 22.3. The summed E-state index contributed by atoms with van der Waals surface area (Å²) in [5, 5.41) is 0. The van der Waals surface area contributed by atoms with Gasteiger partial charge >= 0.3 is 0 Å². The summed E-state index contributed by atoms with van der Waals surface area (Å²) < 4.78 is 28.9. The quantitative estimate of drug-likeness (QED) is 0.747. The van der Waals surface area contributed by atoms with E-state index < -0.39 is 10.0 Å². The number of rotatable bonds is 4. The first-order valence-electron chi connectivity index (χ1n) is 11.5. The molecule has 0 unspecified atom stereocenters. The molecule has 0 aromatic heterocycles. The molecule has 1 saturated heterocycles. The molecule has 2 aliphatic rings. The van der Waals surface area contributed by atoms with Gasteiger partial charge in [-0.25, -0.2) is 8.42 Å². The molecule has 2 aromatic carbocycles. The van der Waals surface area contributed by atoms with Crippen molar-refractivity contribution in [3.8, 4) is 0 Å². The first-order chi connectivity index (χ1) is 14.6. The molecule has 3 atom stereocenters. The Morgan fingerprint density at radius 2 is 1.71 bits per heavy atom. The van der Waals surface area contributed by atoms with E-state index in [1.165, 1.54) is 5.56 Å². The highest BCUT2D eigenvalue weighted by atomic mass is 32.2. The summed E-state index contributed by atoms with van der Waals surface area (Å²) in [4.78, 5) is 0.404. The number of piperidine rings is 1. The van der Waals surface area contributed by atoms with Gasteiger partial charge in [-0.15, -0.1) is 0 Å². The van der Waals surface area contributed by atoms with Gasteiger partial charge < -0.3 is 5.73 Å². The van der Waals surface area contributed by atoms with Crippen LogP contribution in [0.2, 0.25) is 0 Å². The van der Waals surface area contributed by atoms with Crippen molar-refractivity contribution in [2.45, 2.75) is 69.2 Å². The summed E-state index contributed by atoms with van der Waals surface area (Å²) in [5.74, 6) is 0.478. The predicted octanol–water partition coefficient (Wildman–Crippen LogP) is 4.74. The molecule has 1 aliphatic carbocycles. The third-order valence-electron chi connectivity index (χ3n) is 7.44. The zero-order valence-electron chi connectivity index (χ0n) is 19.0. The van der Waals surface area contributed by atoms with Crippen LogP contribution in [0.25, 0.3) is 0 Å². The minimum absolute atomic E-state index is 0.00123. The van der Waals surface area contributed by atoms with Crippen LogP contribution in [-0.4, -0.2) is 31.9 Å². The normalized spacial score (nSPS) is 27.6. The number of fused-ring (bicyclic) bond motifs is 1. The number of hydrogen-bond donors (Lipinski definition) is 1. The Hall–Kier alpha value is -1.69. The summed E-state index contributed by atoms with van der Waals surface area (Å²) in [6.07, 6.45) is 4.77. The van der Waals surface area contributed by atoms with Gasteiger partial charge in [0.05, 0.1) is 4.90 Å². The van der Waals surface area contributed by atoms with Gasteiger partial charge in [-0.05, 0) is 72.1 Å². The smallest absolute Gasteiger partial charge is 0.243 e. The average Bonchev–Trinajstić information content (AvgIpc) is 2.74. The van der Waals surface area contributed by atoms with Crippen molar-refractivity contribution in [3.05, 3.63) is 65.7 Å². The van der Waals surface area contributed by atoms with Crippen LogP contribution in [0.15, 0.2) is 59.5 Å². The molecule has 4 rings (SSSR count). The monoisotopic (exact) mass is 440 g/mol. The lowest BCUT2D eigenvalue weighted by Crippen LogP contribution is -2.55. The molecule has 0 spiro atoms. The van der Waals surface area contributed by atoms with Crippen molar-refractivity contribution < 1.29 is 8.42 Å². The second-order valence-electron chi connectivity index (χ2n) is 10.7. The molecule has 168 valence electrons. The van der Waals surface area contributed by atoms with E-state index in [-0.39, 0.29) is 16.9 Å². The second kappa shape index (κ2) is 8.34. The van der Waals surface area contributed by atoms with E-state index in [1.807, 2.05) is 18.2 Å². The lowest BCUT2D eigenvalue weighted by Gasteiger charge is -2.52. The number of hydrogen-bond acceptors (Lipinski definition) is 3. The molecule has 1 saturated carbocycles. The first-order valence-corrected chi connectivity index (χ1v) is 12.9. The second-order valence-corrected chi connectivity index (χ2v) is 12.6. The Labute approximate surface area is 187 Å². The molecule has 0 radical (unpaired) electrons. The Morgan fingerprint density at radius 1 is 1.03 bits per heavy atom. The van der Waals surface area contributed by atoms with E-state index in [0.717, 1.165) is 37.7 Å². The third kappa shape index (κ3) is 4.59. The fourth-order valence-corrected chi connectivity index (χ4v) is 7.10. The molecule has 1 aliphatic heterocycles. The van der Waals surface area contributed by atoms with Crippen molar-refractivity contribution in [2.24, 2.45) is 17.1 Å². The molecule has 0 amide bonds. The maximum atomic E-state index is 13.6. The van der Waals surface area contributed by atoms with E-state index >= 15 is 0 Å². The van der Waals surface area contributed by atoms with E-state index in [9.17, 15) is 8.42 Å². The van der Waals surface area contributed by atoms with E-state index in [4.69, 9.17) is 5.73 Å². The molecule has 5 heteroatoms. The van der Waals surface area contributed by atoms with Crippen LogP contribution >= 0.6 is 0 Å². The summed E-state index contributed by atoms with van der Waals surface area (Å²) in [5.41, 5.74) is 8.72. The molecular formula is C26H36N2O2S. The fraction of sp³-hybridized carbons (Fsp3) is 0.538. The maximum Gasteiger partial charge on any atom is 0.243 e. The summed E-state index contributed by atoms with van der Waals surface area (Å²) >= 11 is 0. The lowest BCUT2D eigenvalue weighted by atomic mass is 9.60. The Kier molecular flexibility index (Phi) is 6.06. The highest BCUT2D eigenvalue weighted by Crippen LogP contribution is 2.49. The van der Waals surface area contributed by atoms with Gasteiger partial charge in [0, 0.05) is 19.1 Å². The van der Waals surface area contributed by atoms with Gasteiger partial charge in [0.1, 0.15) is 0 Å². The molecular weight excluding hydrogens is 404 g/mol. The standard InChI is InChI=1S/C26H36N2O2S/c1-25(2,3)21-9-11-24(12-10-21)31(29,30)28-16-14-22-17-23(27)13-15-26(22,19-28)18-20-7-5-4-6-8-20/h4-12,22-23H,13-19,27H2,1-3H3/t22-,23+,26-/m0/s1. The molecule has 2 N–H and O–H groups in total. The lowest BCUT2D eigenvalue weighted by molar-refractivity contribution is 0.0188. The van der Waals surface area contributed by atoms with Crippen molar-refractivity contribution in [1.82, 2.24) is 4.31 Å². The molecule has 4 nitrogen and oxygen atoms in total. The van der Waals surface area contributed by atoms with Crippen molar-refractivity contribution in [1.29, 1.82) is 0 Å². The van der Waals surface area contributed by atoms with Crippen molar-refractivity contribution in [2.75, 3.05) is 13.1 Å². The van der Waals surface area contributed by atoms with Gasteiger partial charge in [-0.3, -0.25) is 0 Å². The van der Waals surface area contributed by atoms with Gasteiger partial charge in [0.15, 0.2) is 0 Å². The largest absolute Gasteiger partial charge is 0.328 e. The number of sulfonamides is 1. The SMILES string of the molecule is CC(C)(C)c1ccc(S(=O)(=O)N2CC[C@H]3C[C@H](N)CC[C@]3(Cc3ccccc3)C2)cc1. The van der Waals surface area contributed by atoms with Crippen LogP contribution in [-0.2, 0) is 21.9 Å². The van der Waals surface area contributed by atoms with Crippen LogP contribution in [0.4, 0.5) is 0 Å². The number of benzene rings is 2. The highest BCUT2D eigenvalue weighted by molar-refractivity contribution is 7.89. The molecule has 1 heterocycles. The summed E-state index contributed by atoms with van der Waals surface area (Å²) in [6.45, 7) is 7.59. The van der Waals surface area contributed by atoms with Gasteiger partial charge in [0.2, 0.25) is 10.0 Å². The summed E-state index contributed by atoms with van der Waals surface area (Å²) in [6, 6.07) is 18.2. The fourth-order valence-electron chi connectivity index (χ4n) is 5.54.